The van der Waals surface area contributed by atoms with Crippen LogP contribution in [0.4, 0.5) is 14.5 Å². The van der Waals surface area contributed by atoms with Gasteiger partial charge >= 0.3 is 5.97 Å². The normalized spacial score (nSPS) is 11.4. The lowest BCUT2D eigenvalue weighted by Crippen LogP contribution is -2.29. The lowest BCUT2D eigenvalue weighted by molar-refractivity contribution is -0.148. The van der Waals surface area contributed by atoms with Crippen molar-refractivity contribution in [1.29, 1.82) is 0 Å². The van der Waals surface area contributed by atoms with Gasteiger partial charge < -0.3 is 15.4 Å². The number of nitrogens with one attached hydrogen (secondary N) is 2. The number of hydrogen-bond acceptors (Lipinski definition) is 4. The predicted molar refractivity (Wildman–Crippen MR) is 93.6 cm³/mol. The third kappa shape index (κ3) is 6.50. The Morgan fingerprint density at radius 3 is 2.37 bits per heavy atom. The van der Waals surface area contributed by atoms with Gasteiger partial charge in [-0.25, -0.2) is 8.78 Å². The van der Waals surface area contributed by atoms with Gasteiger partial charge in [-0.15, -0.1) is 0 Å². The summed E-state index contributed by atoms with van der Waals surface area (Å²) in [7, 11) is 0. The molecule has 0 aliphatic heterocycles. The van der Waals surface area contributed by atoms with Gasteiger partial charge in [0, 0.05) is 18.7 Å². The highest BCUT2D eigenvalue weighted by Gasteiger charge is 2.18. The van der Waals surface area contributed by atoms with Crippen molar-refractivity contribution in [2.75, 3.05) is 11.9 Å². The summed E-state index contributed by atoms with van der Waals surface area (Å²) in [6, 6.07) is 11.1. The molecule has 0 unspecified atom stereocenters. The summed E-state index contributed by atoms with van der Waals surface area (Å²) in [4.78, 5) is 35.1. The second-order valence-corrected chi connectivity index (χ2v) is 5.71. The number of carbonyl (C=O) groups is 3. The number of ether oxygens (including phenoxy) is 1. The summed E-state index contributed by atoms with van der Waals surface area (Å²) in [5.74, 6) is -3.86. The van der Waals surface area contributed by atoms with E-state index in [0.29, 0.717) is 0 Å². The molecule has 8 heteroatoms. The van der Waals surface area contributed by atoms with Crippen molar-refractivity contribution in [2.45, 2.75) is 19.4 Å². The second kappa shape index (κ2) is 9.42. The molecule has 27 heavy (non-hydrogen) atoms. The molecule has 0 spiro atoms. The molecule has 0 heterocycles. The van der Waals surface area contributed by atoms with Gasteiger partial charge in [-0.2, -0.15) is 0 Å². The van der Waals surface area contributed by atoms with Crippen molar-refractivity contribution < 1.29 is 27.9 Å². The van der Waals surface area contributed by atoms with Gasteiger partial charge in [0.25, 0.3) is 5.91 Å². The van der Waals surface area contributed by atoms with E-state index in [4.69, 9.17) is 4.74 Å². The maximum atomic E-state index is 13.1. The molecule has 0 aliphatic rings. The third-order valence-electron chi connectivity index (χ3n) is 3.52. The Morgan fingerprint density at radius 2 is 1.74 bits per heavy atom. The average Bonchev–Trinajstić information content (AvgIpc) is 2.63. The number of anilines is 1. The van der Waals surface area contributed by atoms with E-state index >= 15 is 0 Å². The molecule has 0 bridgehead atoms. The number of esters is 1. The van der Waals surface area contributed by atoms with Crippen LogP contribution in [0.5, 0.6) is 0 Å². The SMILES string of the molecule is CC(=O)N[C@@H](CC(=O)OCC(=O)Nc1ccc(F)c(F)c1)c1ccccc1. The third-order valence-corrected chi connectivity index (χ3v) is 3.52. The van der Waals surface area contributed by atoms with Crippen molar-refractivity contribution in [3.8, 4) is 0 Å². The van der Waals surface area contributed by atoms with Gasteiger partial charge in [-0.3, -0.25) is 14.4 Å². The summed E-state index contributed by atoms with van der Waals surface area (Å²) in [6.07, 6.45) is -0.165. The molecule has 2 N–H and O–H groups in total. The molecule has 142 valence electrons. The van der Waals surface area contributed by atoms with Crippen molar-refractivity contribution >= 4 is 23.5 Å². The maximum absolute atomic E-state index is 13.1. The van der Waals surface area contributed by atoms with Crippen LogP contribution < -0.4 is 10.6 Å². The molecule has 2 amide bonds. The highest BCUT2D eigenvalue weighted by molar-refractivity contribution is 5.92. The second-order valence-electron chi connectivity index (χ2n) is 5.71. The zero-order chi connectivity index (χ0) is 19.8. The van der Waals surface area contributed by atoms with E-state index in [-0.39, 0.29) is 18.0 Å². The number of benzene rings is 2. The van der Waals surface area contributed by atoms with Gasteiger partial charge in [0.15, 0.2) is 18.2 Å². The van der Waals surface area contributed by atoms with Crippen LogP contribution in [0.1, 0.15) is 24.9 Å². The molecule has 2 aromatic carbocycles. The monoisotopic (exact) mass is 376 g/mol. The first kappa shape index (κ1) is 20.0. The van der Waals surface area contributed by atoms with Crippen LogP contribution in [0.3, 0.4) is 0 Å². The number of carbonyl (C=O) groups excluding carboxylic acids is 3. The molecule has 0 aliphatic carbocycles. The van der Waals surface area contributed by atoms with E-state index in [1.165, 1.54) is 13.0 Å². The number of amides is 2. The topological polar surface area (TPSA) is 84.5 Å². The van der Waals surface area contributed by atoms with E-state index in [1.54, 1.807) is 30.3 Å². The summed E-state index contributed by atoms with van der Waals surface area (Å²) < 4.78 is 30.9. The number of hydrogen-bond donors (Lipinski definition) is 2. The smallest absolute Gasteiger partial charge is 0.308 e. The van der Waals surface area contributed by atoms with E-state index in [2.05, 4.69) is 10.6 Å². The summed E-state index contributed by atoms with van der Waals surface area (Å²) in [5, 5.41) is 4.94. The molecule has 2 rings (SSSR count). The van der Waals surface area contributed by atoms with E-state index in [1.807, 2.05) is 0 Å². The Morgan fingerprint density at radius 1 is 1.04 bits per heavy atom. The lowest BCUT2D eigenvalue weighted by atomic mass is 10.0. The quantitative estimate of drug-likeness (QED) is 0.728. The van der Waals surface area contributed by atoms with Crippen LogP contribution in [0, 0.1) is 11.6 Å². The predicted octanol–water partition coefficient (Wildman–Crippen LogP) is 2.71. The Labute approximate surface area is 154 Å². The van der Waals surface area contributed by atoms with Crippen molar-refractivity contribution in [3.05, 3.63) is 65.7 Å². The maximum Gasteiger partial charge on any atom is 0.308 e. The van der Waals surface area contributed by atoms with Gasteiger partial charge in [0.1, 0.15) is 0 Å². The molecular weight excluding hydrogens is 358 g/mol. The van der Waals surface area contributed by atoms with Crippen molar-refractivity contribution in [2.24, 2.45) is 0 Å². The van der Waals surface area contributed by atoms with E-state index < -0.39 is 36.2 Å². The first-order valence-corrected chi connectivity index (χ1v) is 8.07. The van der Waals surface area contributed by atoms with Gasteiger partial charge in [-0.1, -0.05) is 30.3 Å². The first-order chi connectivity index (χ1) is 12.8. The Balaban J connectivity index is 1.88. The average molecular weight is 376 g/mol. The molecule has 2 aromatic rings. The first-order valence-electron chi connectivity index (χ1n) is 8.07. The fraction of sp³-hybridized carbons (Fsp3) is 0.211. The Hall–Kier alpha value is -3.29. The fourth-order valence-corrected chi connectivity index (χ4v) is 2.33. The van der Waals surface area contributed by atoms with E-state index in [0.717, 1.165) is 17.7 Å². The minimum atomic E-state index is -1.11. The zero-order valence-electron chi connectivity index (χ0n) is 14.5. The molecule has 1 atom stereocenters. The molecule has 0 saturated carbocycles. The fourth-order valence-electron chi connectivity index (χ4n) is 2.33. The van der Waals surface area contributed by atoms with Crippen LogP contribution in [-0.2, 0) is 19.1 Å². The van der Waals surface area contributed by atoms with Crippen molar-refractivity contribution in [1.82, 2.24) is 5.32 Å². The minimum Gasteiger partial charge on any atom is -0.455 e. The largest absolute Gasteiger partial charge is 0.455 e. The summed E-state index contributed by atoms with van der Waals surface area (Å²) in [6.45, 7) is 0.732. The highest BCUT2D eigenvalue weighted by Crippen LogP contribution is 2.17. The summed E-state index contributed by atoms with van der Waals surface area (Å²) >= 11 is 0. The van der Waals surface area contributed by atoms with Gasteiger partial charge in [0.2, 0.25) is 5.91 Å². The Kier molecular flexibility index (Phi) is 6.99. The number of halogens is 2. The zero-order valence-corrected chi connectivity index (χ0v) is 14.5. The van der Waals surface area contributed by atoms with Gasteiger partial charge in [-0.05, 0) is 17.7 Å². The van der Waals surface area contributed by atoms with Crippen LogP contribution in [-0.4, -0.2) is 24.4 Å². The van der Waals surface area contributed by atoms with Gasteiger partial charge in [0.05, 0.1) is 12.5 Å². The van der Waals surface area contributed by atoms with Crippen LogP contribution >= 0.6 is 0 Å². The lowest BCUT2D eigenvalue weighted by Gasteiger charge is -2.17. The molecule has 6 nitrogen and oxygen atoms in total. The standard InChI is InChI=1S/C19H18F2N2O4/c1-12(24)22-17(13-5-3-2-4-6-13)10-19(26)27-11-18(25)23-14-7-8-15(20)16(21)9-14/h2-9,17H,10-11H2,1H3,(H,22,24)(H,23,25)/t17-/m0/s1. The van der Waals surface area contributed by atoms with Crippen LogP contribution in [0.15, 0.2) is 48.5 Å². The summed E-state index contributed by atoms with van der Waals surface area (Å²) in [5.41, 5.74) is 0.756. The molecule has 0 saturated heterocycles. The molecule has 0 aromatic heterocycles. The minimum absolute atomic E-state index is 0.0374. The van der Waals surface area contributed by atoms with Crippen molar-refractivity contribution in [3.63, 3.8) is 0 Å². The molecular formula is C19H18F2N2O4. The Bertz CT molecular complexity index is 828. The highest BCUT2D eigenvalue weighted by atomic mass is 19.2. The van der Waals surface area contributed by atoms with E-state index in [9.17, 15) is 23.2 Å². The molecule has 0 fully saturated rings. The molecule has 0 radical (unpaired) electrons. The van der Waals surface area contributed by atoms with Crippen LogP contribution in [0.2, 0.25) is 0 Å². The van der Waals surface area contributed by atoms with Crippen LogP contribution in [0.25, 0.3) is 0 Å². The number of rotatable bonds is 7.